The molecule has 0 spiro atoms. The quantitative estimate of drug-likeness (QED) is 0.0862. The molecule has 5 aromatic rings. The second kappa shape index (κ2) is 17.9. The van der Waals surface area contributed by atoms with Gasteiger partial charge in [-0.2, -0.15) is 0 Å². The predicted octanol–water partition coefficient (Wildman–Crippen LogP) is 6.91. The Morgan fingerprint density at radius 3 is 2.38 bits per heavy atom. The number of alkyl carbamates (subject to hydrolysis) is 2. The smallest absolute Gasteiger partial charge is 0.407 e. The first kappa shape index (κ1) is 42.5. The number of amides is 4. The first-order valence-electron chi connectivity index (χ1n) is 20.4. The van der Waals surface area contributed by atoms with E-state index in [-0.39, 0.29) is 43.0 Å². The summed E-state index contributed by atoms with van der Waals surface area (Å²) in [6, 6.07) is 9.28. The lowest BCUT2D eigenvalue weighted by Crippen LogP contribution is -2.51. The van der Waals surface area contributed by atoms with Gasteiger partial charge in [-0.3, -0.25) is 9.59 Å². The fraction of sp³-hybridized carbons (Fsp3) is 0.409. The van der Waals surface area contributed by atoms with Gasteiger partial charge in [0.25, 0.3) is 0 Å². The molecule has 3 unspecified atom stereocenters. The van der Waals surface area contributed by atoms with Crippen LogP contribution < -0.4 is 15.4 Å². The maximum atomic E-state index is 16.1. The maximum Gasteiger partial charge on any atom is 0.407 e. The molecule has 3 atom stereocenters. The van der Waals surface area contributed by atoms with Gasteiger partial charge in [-0.05, 0) is 61.4 Å². The van der Waals surface area contributed by atoms with Gasteiger partial charge in [0.2, 0.25) is 11.8 Å². The summed E-state index contributed by atoms with van der Waals surface area (Å²) in [6.45, 7) is 12.4. The molecule has 16 nitrogen and oxygen atoms in total. The number of carbonyl (C=O) groups excluding carboxylic acids is 4. The highest BCUT2D eigenvalue weighted by Crippen LogP contribution is 2.42. The molecule has 0 aliphatic carbocycles. The summed E-state index contributed by atoms with van der Waals surface area (Å²) in [4.78, 5) is 70.5. The minimum Gasteiger partial charge on any atom is -0.472 e. The van der Waals surface area contributed by atoms with Gasteiger partial charge in [0, 0.05) is 35.2 Å². The Balaban J connectivity index is 1.10. The number of hydrogen-bond acceptors (Lipinski definition) is 9. The largest absolute Gasteiger partial charge is 0.472 e. The van der Waals surface area contributed by atoms with Crippen LogP contribution in [0.4, 0.5) is 14.0 Å². The second-order valence-corrected chi connectivity index (χ2v) is 16.0. The number of methoxy groups -OCH3 is 2. The molecule has 17 heteroatoms. The number of benzene rings is 2. The van der Waals surface area contributed by atoms with E-state index in [1.807, 2.05) is 62.6 Å². The van der Waals surface area contributed by atoms with Gasteiger partial charge < -0.3 is 49.2 Å². The first-order valence-corrected chi connectivity index (χ1v) is 20.4. The maximum absolute atomic E-state index is 16.1. The normalized spacial score (nSPS) is 15.5. The number of aromatic nitrogens is 5. The Labute approximate surface area is 352 Å². The van der Waals surface area contributed by atoms with E-state index in [0.29, 0.717) is 59.1 Å². The van der Waals surface area contributed by atoms with Crippen LogP contribution in [0.5, 0.6) is 5.75 Å². The molecule has 61 heavy (non-hydrogen) atoms. The van der Waals surface area contributed by atoms with Gasteiger partial charge >= 0.3 is 12.2 Å². The monoisotopic (exact) mass is 837 g/mol. The third-order valence-corrected chi connectivity index (χ3v) is 11.3. The molecule has 0 bridgehead atoms. The number of ether oxygens (including phenoxy) is 3. The number of imidazole rings is 2. The summed E-state index contributed by atoms with van der Waals surface area (Å²) in [5, 5.41) is 5.99. The summed E-state index contributed by atoms with van der Waals surface area (Å²) in [5.41, 5.74) is 4.74. The van der Waals surface area contributed by atoms with Crippen molar-refractivity contribution in [3.63, 3.8) is 0 Å². The van der Waals surface area contributed by atoms with Crippen LogP contribution in [0.25, 0.3) is 44.7 Å². The Bertz CT molecular complexity index is 2450. The zero-order valence-electron chi connectivity index (χ0n) is 35.2. The van der Waals surface area contributed by atoms with Crippen molar-refractivity contribution in [3.8, 4) is 39.5 Å². The number of hydrogen-bond donors (Lipinski definition) is 4. The molecule has 2 aliphatic heterocycles. The van der Waals surface area contributed by atoms with Crippen molar-refractivity contribution < 1.29 is 37.8 Å². The number of rotatable bonds is 14. The number of nitrogens with one attached hydrogen (secondary N) is 4. The minimum absolute atomic E-state index is 0.0978. The molecule has 322 valence electrons. The van der Waals surface area contributed by atoms with Gasteiger partial charge in [0.1, 0.15) is 35.3 Å². The van der Waals surface area contributed by atoms with Crippen LogP contribution in [0.15, 0.2) is 61.4 Å². The van der Waals surface area contributed by atoms with E-state index >= 15 is 4.39 Å². The standard InChI is InChI=1S/C44H52FN9O7/c1-8-9-14-52(41(55)37(24(2)3)50-43(57)59-6)22-36-46-20-32(48-36)27-16-28-18-34-29-13-12-26(19-35(29)61-23-54(34)39(28)30(45)17-27)31-21-47-40(49-31)33-11-10-15-53(33)42(56)38(25(4)5)51-44(58)60-7/h8,12-13,16-21,24-25,33,37-38H,1,9-11,14-15,22-23H2,2-7H3,(H,46,48)(H,47,49)(H,50,57)(H,51,58). The van der Waals surface area contributed by atoms with Crippen LogP contribution in [0.3, 0.4) is 0 Å². The molecular formula is C44H52FN9O7. The number of nitrogens with zero attached hydrogens (tertiary/aromatic N) is 5. The third kappa shape index (κ3) is 8.67. The number of carbonyl (C=O) groups is 4. The molecule has 5 heterocycles. The average molecular weight is 838 g/mol. The number of fused-ring (bicyclic) bond motifs is 5. The third-order valence-electron chi connectivity index (χ3n) is 11.3. The Kier molecular flexibility index (Phi) is 12.5. The predicted molar refractivity (Wildman–Crippen MR) is 225 cm³/mol. The van der Waals surface area contributed by atoms with Crippen molar-refractivity contribution in [1.29, 1.82) is 0 Å². The van der Waals surface area contributed by atoms with Gasteiger partial charge in [-0.15, -0.1) is 6.58 Å². The summed E-state index contributed by atoms with van der Waals surface area (Å²) in [6.07, 6.45) is 5.78. The Morgan fingerprint density at radius 1 is 0.967 bits per heavy atom. The Hall–Kier alpha value is -6.65. The number of likely N-dealkylation sites (tertiary alicyclic amines) is 1. The van der Waals surface area contributed by atoms with E-state index in [1.54, 1.807) is 28.3 Å². The van der Waals surface area contributed by atoms with Crippen molar-refractivity contribution in [2.45, 2.75) is 78.4 Å². The molecule has 1 saturated heterocycles. The van der Waals surface area contributed by atoms with E-state index in [9.17, 15) is 19.2 Å². The van der Waals surface area contributed by atoms with Gasteiger partial charge in [0.15, 0.2) is 6.73 Å². The zero-order valence-corrected chi connectivity index (χ0v) is 35.2. The van der Waals surface area contributed by atoms with Crippen molar-refractivity contribution in [2.75, 3.05) is 27.3 Å². The second-order valence-electron chi connectivity index (χ2n) is 16.0. The van der Waals surface area contributed by atoms with Crippen LogP contribution >= 0.6 is 0 Å². The molecular weight excluding hydrogens is 786 g/mol. The van der Waals surface area contributed by atoms with Crippen LogP contribution in [0, 0.1) is 17.7 Å². The van der Waals surface area contributed by atoms with Crippen molar-refractivity contribution in [2.24, 2.45) is 11.8 Å². The average Bonchev–Trinajstić information content (AvgIpc) is 4.08. The fourth-order valence-corrected chi connectivity index (χ4v) is 8.05. The molecule has 3 aromatic heterocycles. The van der Waals surface area contributed by atoms with E-state index in [0.717, 1.165) is 35.4 Å². The van der Waals surface area contributed by atoms with Crippen LogP contribution in [-0.2, 0) is 32.3 Å². The molecule has 0 saturated carbocycles. The molecule has 4 amide bonds. The molecule has 2 aliphatic rings. The zero-order chi connectivity index (χ0) is 43.5. The van der Waals surface area contributed by atoms with E-state index in [2.05, 4.69) is 37.1 Å². The van der Waals surface area contributed by atoms with Gasteiger partial charge in [0.05, 0.1) is 61.8 Å². The lowest BCUT2D eigenvalue weighted by molar-refractivity contribution is -0.136. The van der Waals surface area contributed by atoms with E-state index in [4.69, 9.17) is 14.2 Å². The Morgan fingerprint density at radius 2 is 1.67 bits per heavy atom. The molecule has 7 rings (SSSR count). The summed E-state index contributed by atoms with van der Waals surface area (Å²) >= 11 is 0. The summed E-state index contributed by atoms with van der Waals surface area (Å²) in [5.74, 6) is 0.539. The fourth-order valence-electron chi connectivity index (χ4n) is 8.05. The number of halogens is 1. The van der Waals surface area contributed by atoms with E-state index in [1.165, 1.54) is 20.3 Å². The van der Waals surface area contributed by atoms with E-state index < -0.39 is 30.1 Å². The number of H-pyrrole nitrogens is 2. The topological polar surface area (TPSA) is 189 Å². The highest BCUT2D eigenvalue weighted by atomic mass is 19.1. The van der Waals surface area contributed by atoms with Crippen LogP contribution in [0.2, 0.25) is 0 Å². The van der Waals surface area contributed by atoms with Gasteiger partial charge in [-0.1, -0.05) is 39.8 Å². The SMILES string of the molecule is C=CCCN(Cc1ncc(-c2cc(F)c3c(c2)cc2n3COc3cc(-c4cnc(C5CCCN5C(=O)C(NC(=O)OC)C(C)C)[nH]4)ccc3-2)[nH]1)C(=O)C(NC(=O)OC)C(C)C. The minimum atomic E-state index is -0.808. The van der Waals surface area contributed by atoms with Gasteiger partial charge in [-0.25, -0.2) is 23.9 Å². The van der Waals surface area contributed by atoms with Crippen LogP contribution in [-0.4, -0.2) is 97.7 Å². The lowest BCUT2D eigenvalue weighted by Gasteiger charge is -2.30. The molecule has 4 N–H and O–H groups in total. The highest BCUT2D eigenvalue weighted by Gasteiger charge is 2.38. The first-order chi connectivity index (χ1) is 29.3. The molecule has 0 radical (unpaired) electrons. The highest BCUT2D eigenvalue weighted by molar-refractivity contribution is 5.93. The number of aromatic amines is 2. The molecule has 2 aromatic carbocycles. The van der Waals surface area contributed by atoms with Crippen molar-refractivity contribution >= 4 is 34.9 Å². The lowest BCUT2D eigenvalue weighted by atomic mass is 10.0. The van der Waals surface area contributed by atoms with Crippen molar-refractivity contribution in [1.82, 2.24) is 44.9 Å². The molecule has 1 fully saturated rings. The van der Waals surface area contributed by atoms with Crippen molar-refractivity contribution in [3.05, 3.63) is 78.9 Å². The summed E-state index contributed by atoms with van der Waals surface area (Å²) < 4.78 is 33.6. The van der Waals surface area contributed by atoms with Crippen LogP contribution in [0.1, 0.15) is 64.6 Å². The summed E-state index contributed by atoms with van der Waals surface area (Å²) in [7, 11) is 2.52.